The average Bonchev–Trinajstić information content (AvgIpc) is 3.84. The molecule has 61 heavy (non-hydrogen) atoms. The van der Waals surface area contributed by atoms with Crippen LogP contribution in [-0.4, -0.2) is 16.3 Å². The molecule has 0 radical (unpaired) electrons. The first kappa shape index (κ1) is 39.7. The summed E-state index contributed by atoms with van der Waals surface area (Å²) in [6.45, 7) is 20.1. The van der Waals surface area contributed by atoms with Gasteiger partial charge in [0.05, 0.1) is 11.3 Å². The number of phenolic OH excluding ortho intramolecular Hbond substituents is 1. The molecule has 0 aliphatic heterocycles. The van der Waals surface area contributed by atoms with Gasteiger partial charge in [0, 0.05) is 33.7 Å². The number of phenols is 1. The van der Waals surface area contributed by atoms with Crippen molar-refractivity contribution < 1.29 is 13.9 Å². The zero-order valence-corrected chi connectivity index (χ0v) is 36.5. The first-order chi connectivity index (χ1) is 29.0. The minimum absolute atomic E-state index is 0.0221. The van der Waals surface area contributed by atoms with Gasteiger partial charge in [-0.15, -0.1) is 0 Å². The molecule has 0 bridgehead atoms. The summed E-state index contributed by atoms with van der Waals surface area (Å²) in [4.78, 5) is 10.1. The Morgan fingerprint density at radius 2 is 1.10 bits per heavy atom. The Hall–Kier alpha value is -6.72. The molecule has 7 aromatic carbocycles. The van der Waals surface area contributed by atoms with Crippen LogP contribution >= 0.6 is 0 Å². The van der Waals surface area contributed by atoms with Gasteiger partial charge in [0.25, 0.3) is 0 Å². The van der Waals surface area contributed by atoms with Gasteiger partial charge < -0.3 is 13.9 Å². The highest BCUT2D eigenvalue weighted by molar-refractivity contribution is 6.12. The second kappa shape index (κ2) is 14.8. The number of benzene rings is 7. The van der Waals surface area contributed by atoms with Gasteiger partial charge in [0.1, 0.15) is 22.4 Å². The topological polar surface area (TPSA) is 71.8 Å². The maximum atomic E-state index is 10.8. The normalized spacial score (nSPS) is 12.7. The van der Waals surface area contributed by atoms with Gasteiger partial charge in [0.15, 0.2) is 5.58 Å². The first-order valence-corrected chi connectivity index (χ1v) is 21.1. The van der Waals surface area contributed by atoms with Crippen molar-refractivity contribution in [3.63, 3.8) is 0 Å². The van der Waals surface area contributed by atoms with E-state index in [-0.39, 0.29) is 22.0 Å². The van der Waals surface area contributed by atoms with Crippen molar-refractivity contribution in [2.45, 2.75) is 78.6 Å². The smallest absolute Gasteiger partial charge is 0.229 e. The van der Waals surface area contributed by atoms with Crippen LogP contribution in [0.3, 0.4) is 0 Å². The molecular formula is C56H52N2O3. The fraction of sp³-hybridized carbons (Fsp3) is 0.214. The SMILES string of the molecule is CC(C)(C)c1cc(-c2ccc(-c3cc(-c4cccc5c4oc4ccccc45)c4nc(-c5ccccc5N=Cc5cc(C(C)(C)C)ccc5O)oc4c3)cc2)cc(C(C)(C)C)c1. The van der Waals surface area contributed by atoms with E-state index in [1.807, 2.05) is 54.6 Å². The second-order valence-corrected chi connectivity index (χ2v) is 19.3. The molecule has 5 nitrogen and oxygen atoms in total. The van der Waals surface area contributed by atoms with Gasteiger partial charge in [-0.05, 0) is 97.7 Å². The highest BCUT2D eigenvalue weighted by Gasteiger charge is 2.23. The van der Waals surface area contributed by atoms with E-state index in [4.69, 9.17) is 18.8 Å². The summed E-state index contributed by atoms with van der Waals surface area (Å²) >= 11 is 0. The quantitative estimate of drug-likeness (QED) is 0.170. The van der Waals surface area contributed by atoms with Gasteiger partial charge in [0.2, 0.25) is 5.89 Å². The maximum Gasteiger partial charge on any atom is 0.229 e. The Morgan fingerprint density at radius 3 is 1.79 bits per heavy atom. The van der Waals surface area contributed by atoms with Crippen molar-refractivity contribution in [2.24, 2.45) is 4.99 Å². The van der Waals surface area contributed by atoms with Crippen LogP contribution in [0.15, 0.2) is 153 Å². The van der Waals surface area contributed by atoms with Crippen LogP contribution in [-0.2, 0) is 16.2 Å². The third kappa shape index (κ3) is 7.66. The van der Waals surface area contributed by atoms with E-state index in [0.717, 1.165) is 60.8 Å². The number of para-hydroxylation sites is 3. The molecular weight excluding hydrogens is 749 g/mol. The fourth-order valence-electron chi connectivity index (χ4n) is 8.02. The molecule has 0 saturated carbocycles. The molecule has 9 aromatic rings. The van der Waals surface area contributed by atoms with Crippen molar-refractivity contribution in [2.75, 3.05) is 0 Å². The second-order valence-electron chi connectivity index (χ2n) is 19.3. The summed E-state index contributed by atoms with van der Waals surface area (Å²) in [6.07, 6.45) is 1.71. The summed E-state index contributed by atoms with van der Waals surface area (Å²) in [5.41, 5.74) is 15.1. The summed E-state index contributed by atoms with van der Waals surface area (Å²) in [5.74, 6) is 0.628. The number of rotatable bonds is 6. The zero-order valence-electron chi connectivity index (χ0n) is 36.5. The van der Waals surface area contributed by atoms with E-state index >= 15 is 0 Å². The minimum atomic E-state index is -0.0775. The van der Waals surface area contributed by atoms with E-state index in [1.54, 1.807) is 12.3 Å². The van der Waals surface area contributed by atoms with Crippen molar-refractivity contribution in [3.05, 3.63) is 162 Å². The number of aromatic nitrogens is 1. The Morgan fingerprint density at radius 1 is 0.492 bits per heavy atom. The molecule has 2 heterocycles. The van der Waals surface area contributed by atoms with Crippen LogP contribution in [0.25, 0.3) is 77.9 Å². The van der Waals surface area contributed by atoms with Crippen LogP contribution in [0.2, 0.25) is 0 Å². The molecule has 5 heteroatoms. The van der Waals surface area contributed by atoms with Crippen molar-refractivity contribution in [3.8, 4) is 50.6 Å². The monoisotopic (exact) mass is 800 g/mol. The molecule has 1 N–H and O–H groups in total. The van der Waals surface area contributed by atoms with Crippen molar-refractivity contribution >= 4 is 44.9 Å². The Bertz CT molecular complexity index is 3110. The lowest BCUT2D eigenvalue weighted by Gasteiger charge is -2.26. The number of fused-ring (bicyclic) bond motifs is 4. The third-order valence-corrected chi connectivity index (χ3v) is 11.8. The summed E-state index contributed by atoms with van der Waals surface area (Å²) in [6, 6.07) is 48.2. The molecule has 0 saturated heterocycles. The molecule has 304 valence electrons. The summed E-state index contributed by atoms with van der Waals surface area (Å²) in [5, 5.41) is 12.9. The predicted molar refractivity (Wildman–Crippen MR) is 254 cm³/mol. The van der Waals surface area contributed by atoms with E-state index < -0.39 is 0 Å². The van der Waals surface area contributed by atoms with E-state index in [0.29, 0.717) is 22.7 Å². The molecule has 0 atom stereocenters. The van der Waals surface area contributed by atoms with Crippen LogP contribution in [0.4, 0.5) is 5.69 Å². The Kier molecular flexibility index (Phi) is 9.62. The standard InChI is InChI=1S/C56H52N2O3/c1-54(2,3)39-25-26-48(59)38(29-39)33-57-47-19-12-10-16-45(47)53-58-51-46(44-18-14-17-43-42-15-11-13-20-49(42)60-52(43)44)30-37(31-50(51)61-53)35-23-21-34(22-24-35)36-27-40(55(4,5)6)32-41(28-36)56(7,8)9/h10-33,59H,1-9H3. The molecule has 0 aliphatic carbocycles. The van der Waals surface area contributed by atoms with E-state index in [2.05, 4.69) is 141 Å². The Balaban J connectivity index is 1.19. The van der Waals surface area contributed by atoms with Gasteiger partial charge in [-0.3, -0.25) is 4.99 Å². The Labute approximate surface area is 358 Å². The van der Waals surface area contributed by atoms with Gasteiger partial charge in [-0.25, -0.2) is 4.98 Å². The van der Waals surface area contributed by atoms with E-state index in [9.17, 15) is 5.11 Å². The molecule has 9 rings (SSSR count). The maximum absolute atomic E-state index is 10.8. The first-order valence-electron chi connectivity index (χ1n) is 21.1. The van der Waals surface area contributed by atoms with Crippen molar-refractivity contribution in [1.29, 1.82) is 0 Å². The number of hydrogen-bond donors (Lipinski definition) is 1. The summed E-state index contributed by atoms with van der Waals surface area (Å²) < 4.78 is 13.3. The van der Waals surface area contributed by atoms with Gasteiger partial charge in [-0.1, -0.05) is 159 Å². The molecule has 2 aromatic heterocycles. The fourth-order valence-corrected chi connectivity index (χ4v) is 8.02. The number of nitrogens with zero attached hydrogens (tertiary/aromatic N) is 2. The lowest BCUT2D eigenvalue weighted by atomic mass is 9.79. The highest BCUT2D eigenvalue weighted by Crippen LogP contribution is 2.43. The lowest BCUT2D eigenvalue weighted by molar-refractivity contribution is 0.473. The number of aliphatic imine (C=N–C) groups is 1. The zero-order chi connectivity index (χ0) is 42.8. The molecule has 0 aliphatic rings. The van der Waals surface area contributed by atoms with Crippen LogP contribution in [0.5, 0.6) is 5.75 Å². The molecule has 0 spiro atoms. The largest absolute Gasteiger partial charge is 0.507 e. The molecule has 0 amide bonds. The minimum Gasteiger partial charge on any atom is -0.507 e. The lowest BCUT2D eigenvalue weighted by Crippen LogP contribution is -2.16. The number of hydrogen-bond acceptors (Lipinski definition) is 5. The molecule has 0 unspecified atom stereocenters. The van der Waals surface area contributed by atoms with Gasteiger partial charge in [-0.2, -0.15) is 0 Å². The predicted octanol–water partition coefficient (Wildman–Crippen LogP) is 15.7. The average molecular weight is 801 g/mol. The van der Waals surface area contributed by atoms with Crippen LogP contribution < -0.4 is 0 Å². The van der Waals surface area contributed by atoms with Crippen LogP contribution in [0.1, 0.15) is 84.6 Å². The number of oxazole rings is 1. The third-order valence-electron chi connectivity index (χ3n) is 11.8. The van der Waals surface area contributed by atoms with E-state index in [1.165, 1.54) is 22.3 Å². The highest BCUT2D eigenvalue weighted by atomic mass is 16.3. The number of aromatic hydroxyl groups is 1. The van der Waals surface area contributed by atoms with Crippen LogP contribution in [0, 0.1) is 0 Å². The van der Waals surface area contributed by atoms with Gasteiger partial charge >= 0.3 is 0 Å². The molecule has 0 fully saturated rings. The van der Waals surface area contributed by atoms with Crippen molar-refractivity contribution in [1.82, 2.24) is 4.98 Å². The number of furan rings is 1. The summed E-state index contributed by atoms with van der Waals surface area (Å²) in [7, 11) is 0.